The molecule has 0 spiro atoms. The predicted molar refractivity (Wildman–Crippen MR) is 104 cm³/mol. The molecule has 1 unspecified atom stereocenters. The van der Waals surface area contributed by atoms with Crippen LogP contribution in [0, 0.1) is 3.57 Å². The van der Waals surface area contributed by atoms with Gasteiger partial charge in [0.25, 0.3) is 5.91 Å². The molecule has 128 valence electrons. The minimum atomic E-state index is -0.140. The van der Waals surface area contributed by atoms with Crippen LogP contribution < -0.4 is 14.8 Å². The normalized spacial score (nSPS) is 11.9. The van der Waals surface area contributed by atoms with E-state index in [0.717, 1.165) is 9.13 Å². The number of halogens is 1. The Hall–Kier alpha value is -1.76. The molecule has 0 aliphatic heterocycles. The summed E-state index contributed by atoms with van der Waals surface area (Å²) in [4.78, 5) is 12.3. The fraction of sp³-hybridized carbons (Fsp3) is 0.316. The standard InChI is InChI=1S/C19H22INO3/c1-12(2)24-17-10-7-15(11-18(17)23-4)13(3)21-19(22)14-5-8-16(20)9-6-14/h5-13H,1-4H3,(H,21,22). The monoisotopic (exact) mass is 439 g/mol. The van der Waals surface area contributed by atoms with Crippen molar-refractivity contribution in [3.63, 3.8) is 0 Å². The number of ether oxygens (including phenoxy) is 2. The molecule has 2 rings (SSSR count). The van der Waals surface area contributed by atoms with Crippen molar-refractivity contribution in [2.45, 2.75) is 32.9 Å². The first-order valence-electron chi connectivity index (χ1n) is 7.81. The van der Waals surface area contributed by atoms with Gasteiger partial charge in [0.15, 0.2) is 11.5 Å². The Kier molecular flexibility index (Phi) is 6.48. The highest BCUT2D eigenvalue weighted by molar-refractivity contribution is 14.1. The van der Waals surface area contributed by atoms with E-state index in [9.17, 15) is 4.79 Å². The molecule has 4 nitrogen and oxygen atoms in total. The molecule has 24 heavy (non-hydrogen) atoms. The van der Waals surface area contributed by atoms with E-state index in [4.69, 9.17) is 9.47 Å². The molecule has 0 radical (unpaired) electrons. The van der Waals surface area contributed by atoms with E-state index in [-0.39, 0.29) is 18.1 Å². The first kappa shape index (κ1) is 18.6. The summed E-state index contributed by atoms with van der Waals surface area (Å²) in [5.74, 6) is 1.27. The molecule has 0 saturated carbocycles. The van der Waals surface area contributed by atoms with Crippen molar-refractivity contribution in [1.82, 2.24) is 5.32 Å². The van der Waals surface area contributed by atoms with Gasteiger partial charge in [-0.05, 0) is 85.3 Å². The molecule has 0 aliphatic carbocycles. The maximum Gasteiger partial charge on any atom is 0.251 e. The summed E-state index contributed by atoms with van der Waals surface area (Å²) >= 11 is 2.22. The number of nitrogens with one attached hydrogen (secondary N) is 1. The Morgan fingerprint density at radius 1 is 1.04 bits per heavy atom. The van der Waals surface area contributed by atoms with E-state index in [0.29, 0.717) is 17.1 Å². The predicted octanol–water partition coefficient (Wildman–Crippen LogP) is 4.58. The Bertz CT molecular complexity index is 698. The van der Waals surface area contributed by atoms with Crippen molar-refractivity contribution in [2.75, 3.05) is 7.11 Å². The van der Waals surface area contributed by atoms with E-state index in [1.165, 1.54) is 0 Å². The first-order valence-corrected chi connectivity index (χ1v) is 8.89. The molecule has 1 atom stereocenters. The van der Waals surface area contributed by atoms with E-state index >= 15 is 0 Å². The maximum atomic E-state index is 12.3. The van der Waals surface area contributed by atoms with Gasteiger partial charge in [0, 0.05) is 9.13 Å². The van der Waals surface area contributed by atoms with Crippen molar-refractivity contribution >= 4 is 28.5 Å². The number of carbonyl (C=O) groups excluding carboxylic acids is 1. The van der Waals surface area contributed by atoms with Gasteiger partial charge in [-0.15, -0.1) is 0 Å². The van der Waals surface area contributed by atoms with Crippen LogP contribution in [0.25, 0.3) is 0 Å². The lowest BCUT2D eigenvalue weighted by atomic mass is 10.1. The molecule has 1 N–H and O–H groups in total. The van der Waals surface area contributed by atoms with E-state index in [1.54, 1.807) is 7.11 Å². The van der Waals surface area contributed by atoms with Gasteiger partial charge in [0.1, 0.15) is 0 Å². The lowest BCUT2D eigenvalue weighted by Crippen LogP contribution is -2.26. The van der Waals surface area contributed by atoms with Crippen LogP contribution in [0.4, 0.5) is 0 Å². The fourth-order valence-corrected chi connectivity index (χ4v) is 2.63. The average molecular weight is 439 g/mol. The largest absolute Gasteiger partial charge is 0.493 e. The maximum absolute atomic E-state index is 12.3. The third kappa shape index (κ3) is 4.87. The van der Waals surface area contributed by atoms with Gasteiger partial charge in [-0.1, -0.05) is 6.07 Å². The van der Waals surface area contributed by atoms with Crippen molar-refractivity contribution < 1.29 is 14.3 Å². The minimum Gasteiger partial charge on any atom is -0.493 e. The number of methoxy groups -OCH3 is 1. The molecular formula is C19H22INO3. The Morgan fingerprint density at radius 2 is 1.71 bits per heavy atom. The Morgan fingerprint density at radius 3 is 2.29 bits per heavy atom. The van der Waals surface area contributed by atoms with Crippen molar-refractivity contribution in [3.05, 3.63) is 57.2 Å². The first-order chi connectivity index (χ1) is 11.4. The van der Waals surface area contributed by atoms with Crippen molar-refractivity contribution in [3.8, 4) is 11.5 Å². The van der Waals surface area contributed by atoms with Crippen molar-refractivity contribution in [1.29, 1.82) is 0 Å². The second-order valence-corrected chi connectivity index (χ2v) is 7.02. The highest BCUT2D eigenvalue weighted by Crippen LogP contribution is 2.31. The number of amides is 1. The second-order valence-electron chi connectivity index (χ2n) is 5.78. The van der Waals surface area contributed by atoms with Crippen LogP contribution in [0.5, 0.6) is 11.5 Å². The summed E-state index contributed by atoms with van der Waals surface area (Å²) in [5.41, 5.74) is 1.61. The zero-order valence-corrected chi connectivity index (χ0v) is 16.5. The summed E-state index contributed by atoms with van der Waals surface area (Å²) in [5, 5.41) is 3.01. The van der Waals surface area contributed by atoms with Crippen LogP contribution in [0.2, 0.25) is 0 Å². The highest BCUT2D eigenvalue weighted by Gasteiger charge is 2.14. The molecule has 0 aliphatic rings. The summed E-state index contributed by atoms with van der Waals surface area (Å²) in [6.45, 7) is 5.89. The summed E-state index contributed by atoms with van der Waals surface area (Å²) in [7, 11) is 1.61. The smallest absolute Gasteiger partial charge is 0.251 e. The summed E-state index contributed by atoms with van der Waals surface area (Å²) in [6, 6.07) is 13.1. The second kappa shape index (κ2) is 8.37. The molecule has 5 heteroatoms. The van der Waals surface area contributed by atoms with Gasteiger partial charge in [-0.2, -0.15) is 0 Å². The number of carbonyl (C=O) groups is 1. The van der Waals surface area contributed by atoms with E-state index < -0.39 is 0 Å². The quantitative estimate of drug-likeness (QED) is 0.671. The summed E-state index contributed by atoms with van der Waals surface area (Å²) < 4.78 is 12.2. The molecule has 1 amide bonds. The lowest BCUT2D eigenvalue weighted by Gasteiger charge is -2.18. The van der Waals surface area contributed by atoms with Gasteiger partial charge >= 0.3 is 0 Å². The van der Waals surface area contributed by atoms with E-state index in [1.807, 2.05) is 63.2 Å². The fourth-order valence-electron chi connectivity index (χ4n) is 2.27. The number of rotatable bonds is 6. The van der Waals surface area contributed by atoms with Crippen LogP contribution in [0.3, 0.4) is 0 Å². The Labute approximate surface area is 156 Å². The molecular weight excluding hydrogens is 417 g/mol. The van der Waals surface area contributed by atoms with E-state index in [2.05, 4.69) is 27.9 Å². The number of hydrogen-bond acceptors (Lipinski definition) is 3. The average Bonchev–Trinajstić information content (AvgIpc) is 2.55. The summed E-state index contributed by atoms with van der Waals surface area (Å²) in [6.07, 6.45) is 0.0720. The van der Waals surface area contributed by atoms with Crippen LogP contribution >= 0.6 is 22.6 Å². The van der Waals surface area contributed by atoms with Crippen LogP contribution in [-0.2, 0) is 0 Å². The van der Waals surface area contributed by atoms with Gasteiger partial charge in [-0.25, -0.2) is 0 Å². The van der Waals surface area contributed by atoms with Gasteiger partial charge in [-0.3, -0.25) is 4.79 Å². The topological polar surface area (TPSA) is 47.6 Å². The van der Waals surface area contributed by atoms with Gasteiger partial charge in [0.2, 0.25) is 0 Å². The zero-order valence-electron chi connectivity index (χ0n) is 14.3. The molecule has 2 aromatic rings. The van der Waals surface area contributed by atoms with Gasteiger partial charge < -0.3 is 14.8 Å². The molecule has 0 fully saturated rings. The third-order valence-electron chi connectivity index (χ3n) is 3.50. The Balaban J connectivity index is 2.12. The van der Waals surface area contributed by atoms with Crippen LogP contribution in [0.15, 0.2) is 42.5 Å². The number of hydrogen-bond donors (Lipinski definition) is 1. The SMILES string of the molecule is COc1cc(C(C)NC(=O)c2ccc(I)cc2)ccc1OC(C)C. The third-order valence-corrected chi connectivity index (χ3v) is 4.22. The molecule has 0 aromatic heterocycles. The molecule has 0 saturated heterocycles. The van der Waals surface area contributed by atoms with Crippen LogP contribution in [-0.4, -0.2) is 19.1 Å². The number of benzene rings is 2. The molecule has 2 aromatic carbocycles. The zero-order chi connectivity index (χ0) is 17.7. The minimum absolute atomic E-state index is 0.0720. The highest BCUT2D eigenvalue weighted by atomic mass is 127. The van der Waals surface area contributed by atoms with Crippen LogP contribution in [0.1, 0.15) is 42.7 Å². The van der Waals surface area contributed by atoms with Gasteiger partial charge in [0.05, 0.1) is 19.3 Å². The lowest BCUT2D eigenvalue weighted by molar-refractivity contribution is 0.0940. The molecule has 0 bridgehead atoms. The molecule has 0 heterocycles. The van der Waals surface area contributed by atoms with Crippen molar-refractivity contribution in [2.24, 2.45) is 0 Å².